The van der Waals surface area contributed by atoms with E-state index < -0.39 is 23.2 Å². The molecule has 0 saturated heterocycles. The normalized spacial score (nSPS) is 10.5. The molecule has 0 aliphatic rings. The Labute approximate surface area is 162 Å². The second-order valence-electron chi connectivity index (χ2n) is 6.23. The second kappa shape index (κ2) is 9.26. The van der Waals surface area contributed by atoms with Gasteiger partial charge in [0, 0.05) is 31.4 Å². The van der Waals surface area contributed by atoms with Crippen LogP contribution < -0.4 is 15.6 Å². The number of amides is 2. The van der Waals surface area contributed by atoms with Crippen molar-refractivity contribution in [1.29, 1.82) is 0 Å². The number of nitrogens with zero attached hydrogens (tertiary/aromatic N) is 3. The van der Waals surface area contributed by atoms with Crippen LogP contribution in [-0.2, 0) is 9.59 Å². The van der Waals surface area contributed by atoms with Crippen molar-refractivity contribution < 1.29 is 14.5 Å². The summed E-state index contributed by atoms with van der Waals surface area (Å²) in [7, 11) is 3.41. The van der Waals surface area contributed by atoms with E-state index in [1.165, 1.54) is 12.3 Å². The second-order valence-corrected chi connectivity index (χ2v) is 6.23. The first-order valence-corrected chi connectivity index (χ1v) is 8.41. The average molecular weight is 383 g/mol. The van der Waals surface area contributed by atoms with E-state index in [9.17, 15) is 19.7 Å². The molecule has 9 nitrogen and oxygen atoms in total. The smallest absolute Gasteiger partial charge is 0.293 e. The number of carbonyl (C=O) groups is 2. The number of hydrogen-bond acceptors (Lipinski definition) is 6. The number of para-hydroxylation sites is 1. The number of aryl methyl sites for hydroxylation is 1. The zero-order chi connectivity index (χ0) is 20.7. The van der Waals surface area contributed by atoms with Crippen molar-refractivity contribution in [3.8, 4) is 0 Å². The van der Waals surface area contributed by atoms with Gasteiger partial charge < -0.3 is 10.2 Å². The van der Waals surface area contributed by atoms with E-state index >= 15 is 0 Å². The summed E-state index contributed by atoms with van der Waals surface area (Å²) in [5.74, 6) is -1.06. The van der Waals surface area contributed by atoms with Crippen molar-refractivity contribution in [3.63, 3.8) is 0 Å². The third kappa shape index (κ3) is 5.63. The minimum atomic E-state index is -0.596. The summed E-state index contributed by atoms with van der Waals surface area (Å²) in [4.78, 5) is 36.1. The molecule has 0 atom stereocenters. The molecule has 146 valence electrons. The average Bonchev–Trinajstić information content (AvgIpc) is 2.63. The van der Waals surface area contributed by atoms with Crippen LogP contribution in [0.25, 0.3) is 0 Å². The molecule has 2 aromatic rings. The number of nitro groups is 1. The van der Waals surface area contributed by atoms with Gasteiger partial charge in [-0.1, -0.05) is 24.3 Å². The number of carbonyl (C=O) groups excluding carboxylic acids is 2. The highest BCUT2D eigenvalue weighted by Gasteiger charge is 2.15. The highest BCUT2D eigenvalue weighted by molar-refractivity contribution is 6.04. The molecule has 2 rings (SSSR count). The summed E-state index contributed by atoms with van der Waals surface area (Å²) in [6.45, 7) is 1.85. The van der Waals surface area contributed by atoms with Crippen LogP contribution in [-0.4, -0.2) is 37.0 Å². The number of nitro benzene ring substituents is 1. The van der Waals surface area contributed by atoms with Gasteiger partial charge in [0.2, 0.25) is 11.8 Å². The molecular weight excluding hydrogens is 362 g/mol. The fourth-order valence-electron chi connectivity index (χ4n) is 2.42. The van der Waals surface area contributed by atoms with E-state index in [1.54, 1.807) is 43.3 Å². The van der Waals surface area contributed by atoms with E-state index in [0.717, 1.165) is 5.56 Å². The molecule has 0 heterocycles. The maximum Gasteiger partial charge on any atom is 0.293 e. The van der Waals surface area contributed by atoms with Gasteiger partial charge in [0.1, 0.15) is 12.1 Å². The molecule has 2 N–H and O–H groups in total. The van der Waals surface area contributed by atoms with Crippen molar-refractivity contribution in [2.24, 2.45) is 5.10 Å². The number of hydrogen-bond donors (Lipinski definition) is 2. The highest BCUT2D eigenvalue weighted by atomic mass is 16.6. The summed E-state index contributed by atoms with van der Waals surface area (Å²) in [5.41, 5.74) is 4.59. The van der Waals surface area contributed by atoms with E-state index in [0.29, 0.717) is 16.9 Å². The molecule has 28 heavy (non-hydrogen) atoms. The van der Waals surface area contributed by atoms with Gasteiger partial charge in [-0.2, -0.15) is 5.10 Å². The molecule has 0 saturated carbocycles. The van der Waals surface area contributed by atoms with E-state index in [2.05, 4.69) is 15.8 Å². The quantitative estimate of drug-likeness (QED) is 0.330. The number of hydrazone groups is 1. The van der Waals surface area contributed by atoms with Crippen LogP contribution in [0.4, 0.5) is 17.1 Å². The van der Waals surface area contributed by atoms with Gasteiger partial charge in [-0.05, 0) is 24.6 Å². The molecule has 2 aromatic carbocycles. The van der Waals surface area contributed by atoms with Crippen LogP contribution in [0.15, 0.2) is 47.6 Å². The topological polar surface area (TPSA) is 117 Å². The fourth-order valence-corrected chi connectivity index (χ4v) is 2.42. The molecule has 0 bridgehead atoms. The van der Waals surface area contributed by atoms with Crippen LogP contribution in [0.1, 0.15) is 17.5 Å². The molecule has 0 aromatic heterocycles. The minimum absolute atomic E-state index is 0.0714. The van der Waals surface area contributed by atoms with Crippen LogP contribution in [0.3, 0.4) is 0 Å². The largest absolute Gasteiger partial charge is 0.372 e. The van der Waals surface area contributed by atoms with Crippen LogP contribution >= 0.6 is 0 Å². The first kappa shape index (κ1) is 20.6. The Kier molecular flexibility index (Phi) is 6.80. The zero-order valence-electron chi connectivity index (χ0n) is 15.8. The summed E-state index contributed by atoms with van der Waals surface area (Å²) < 4.78 is 0. The lowest BCUT2D eigenvalue weighted by Crippen LogP contribution is -2.24. The van der Waals surface area contributed by atoms with E-state index in [4.69, 9.17) is 0 Å². The standard InChI is InChI=1S/C19H21N5O4/c1-13-6-4-5-7-15(13)21-18(25)11-19(26)22-20-12-14-8-9-16(23(2)3)17(10-14)24(27)28/h4-10,12H,11H2,1-3H3,(H,21,25)(H,22,26). The van der Waals surface area contributed by atoms with Gasteiger partial charge in [0.05, 0.1) is 11.1 Å². The highest BCUT2D eigenvalue weighted by Crippen LogP contribution is 2.27. The molecule has 0 radical (unpaired) electrons. The van der Waals surface area contributed by atoms with E-state index in [1.807, 2.05) is 19.1 Å². The van der Waals surface area contributed by atoms with Gasteiger partial charge in [-0.3, -0.25) is 19.7 Å². The summed E-state index contributed by atoms with van der Waals surface area (Å²) in [6, 6.07) is 11.8. The predicted molar refractivity (Wildman–Crippen MR) is 108 cm³/mol. The van der Waals surface area contributed by atoms with Gasteiger partial charge in [0.15, 0.2) is 0 Å². The molecule has 0 fully saturated rings. The van der Waals surface area contributed by atoms with Gasteiger partial charge >= 0.3 is 0 Å². The summed E-state index contributed by atoms with van der Waals surface area (Å²) in [6.07, 6.45) is 0.884. The Hall–Kier alpha value is -3.75. The van der Waals surface area contributed by atoms with Crippen LogP contribution in [0.5, 0.6) is 0 Å². The fraction of sp³-hybridized carbons (Fsp3) is 0.211. The number of nitrogens with one attached hydrogen (secondary N) is 2. The third-order valence-electron chi connectivity index (χ3n) is 3.82. The monoisotopic (exact) mass is 383 g/mol. The number of benzene rings is 2. The van der Waals surface area contributed by atoms with Crippen LogP contribution in [0, 0.1) is 17.0 Å². The lowest BCUT2D eigenvalue weighted by Gasteiger charge is -2.12. The van der Waals surface area contributed by atoms with Gasteiger partial charge in [0.25, 0.3) is 5.69 Å². The molecule has 0 aliphatic heterocycles. The summed E-state index contributed by atoms with van der Waals surface area (Å²) >= 11 is 0. The number of anilines is 2. The van der Waals surface area contributed by atoms with Crippen molar-refractivity contribution in [1.82, 2.24) is 5.43 Å². The Morgan fingerprint density at radius 3 is 2.54 bits per heavy atom. The first-order valence-electron chi connectivity index (χ1n) is 8.41. The number of rotatable bonds is 7. The Morgan fingerprint density at radius 2 is 1.89 bits per heavy atom. The van der Waals surface area contributed by atoms with Crippen molar-refractivity contribution in [2.45, 2.75) is 13.3 Å². The Balaban J connectivity index is 1.94. The van der Waals surface area contributed by atoms with Crippen LogP contribution in [0.2, 0.25) is 0 Å². The zero-order valence-corrected chi connectivity index (χ0v) is 15.8. The molecular formula is C19H21N5O4. The third-order valence-corrected chi connectivity index (χ3v) is 3.82. The minimum Gasteiger partial charge on any atom is -0.372 e. The molecule has 9 heteroatoms. The molecule has 2 amide bonds. The SMILES string of the molecule is Cc1ccccc1NC(=O)CC(=O)NN=Cc1ccc(N(C)C)c([N+](=O)[O-])c1. The van der Waals surface area contributed by atoms with Crippen molar-refractivity contribution >= 4 is 35.1 Å². The molecule has 0 unspecified atom stereocenters. The lowest BCUT2D eigenvalue weighted by molar-refractivity contribution is -0.384. The summed E-state index contributed by atoms with van der Waals surface area (Å²) in [5, 5.41) is 17.6. The lowest BCUT2D eigenvalue weighted by atomic mass is 10.2. The van der Waals surface area contributed by atoms with Gasteiger partial charge in [-0.25, -0.2) is 5.43 Å². The first-order chi connectivity index (χ1) is 13.3. The van der Waals surface area contributed by atoms with Gasteiger partial charge in [-0.15, -0.1) is 0 Å². The van der Waals surface area contributed by atoms with Crippen molar-refractivity contribution in [3.05, 3.63) is 63.7 Å². The Bertz CT molecular complexity index is 924. The van der Waals surface area contributed by atoms with E-state index in [-0.39, 0.29) is 5.69 Å². The predicted octanol–water partition coefficient (Wildman–Crippen LogP) is 2.45. The maximum absolute atomic E-state index is 11.9. The molecule has 0 aliphatic carbocycles. The molecule has 0 spiro atoms. The Morgan fingerprint density at radius 1 is 1.18 bits per heavy atom. The van der Waals surface area contributed by atoms with Crippen molar-refractivity contribution in [2.75, 3.05) is 24.3 Å². The maximum atomic E-state index is 11.9.